The number of aromatic nitrogens is 3. The lowest BCUT2D eigenvalue weighted by molar-refractivity contribution is -0.119. The van der Waals surface area contributed by atoms with Gasteiger partial charge in [0, 0.05) is 30.9 Å². The Kier molecular flexibility index (Phi) is 8.74. The lowest BCUT2D eigenvalue weighted by Gasteiger charge is -2.15. The number of thioether (sulfide) groups is 1. The predicted octanol–water partition coefficient (Wildman–Crippen LogP) is 3.64. The van der Waals surface area contributed by atoms with E-state index in [4.69, 9.17) is 9.47 Å². The van der Waals surface area contributed by atoms with Crippen LogP contribution in [0.3, 0.4) is 0 Å². The number of nitrogens with zero attached hydrogens (tertiary/aromatic N) is 3. The quantitative estimate of drug-likeness (QED) is 0.414. The molecular weight excluding hydrogens is 466 g/mol. The van der Waals surface area contributed by atoms with Gasteiger partial charge in [0.05, 0.1) is 19.8 Å². The zero-order chi connectivity index (χ0) is 24.5. The third-order valence-corrected chi connectivity index (χ3v) is 6.55. The number of rotatable bonds is 10. The summed E-state index contributed by atoms with van der Waals surface area (Å²) in [5.74, 6) is 1.63. The molecular formula is C25H29N5O4S. The minimum Gasteiger partial charge on any atom is -0.497 e. The van der Waals surface area contributed by atoms with E-state index in [0.29, 0.717) is 24.0 Å². The number of hydrogen-bond acceptors (Lipinski definition) is 7. The summed E-state index contributed by atoms with van der Waals surface area (Å²) >= 11 is 1.44. The number of ether oxygens (including phenoxy) is 2. The molecule has 1 aromatic heterocycles. The fourth-order valence-electron chi connectivity index (χ4n) is 3.75. The summed E-state index contributed by atoms with van der Waals surface area (Å²) in [6.45, 7) is 1.76. The standard InChI is InChI=1S/C25H29N5O4S/c1-33-20-11-9-19(10-12-20)23-28-29-25(30(23)17-21-8-5-14-34-21)35-15-13-22(31)27-24(32)26-16-18-6-3-2-4-7-18/h2-4,6-7,9-12,21H,5,8,13-17H2,1H3,(H2,26,27,31,32). The maximum absolute atomic E-state index is 12.2. The van der Waals surface area contributed by atoms with Crippen LogP contribution in [0.4, 0.5) is 4.79 Å². The number of benzene rings is 2. The number of methoxy groups -OCH3 is 1. The van der Waals surface area contributed by atoms with Crippen LogP contribution in [0.15, 0.2) is 59.8 Å². The van der Waals surface area contributed by atoms with E-state index in [1.807, 2.05) is 59.2 Å². The van der Waals surface area contributed by atoms with E-state index in [2.05, 4.69) is 20.8 Å². The van der Waals surface area contributed by atoms with Crippen LogP contribution in [-0.2, 0) is 22.6 Å². The van der Waals surface area contributed by atoms with Gasteiger partial charge in [-0.05, 0) is 42.7 Å². The number of urea groups is 1. The van der Waals surface area contributed by atoms with Crippen LogP contribution >= 0.6 is 11.8 Å². The van der Waals surface area contributed by atoms with Crippen LogP contribution in [0.5, 0.6) is 5.75 Å². The minimum atomic E-state index is -0.507. The first-order valence-electron chi connectivity index (χ1n) is 11.6. The molecule has 0 radical (unpaired) electrons. The predicted molar refractivity (Wildman–Crippen MR) is 133 cm³/mol. The first kappa shape index (κ1) is 24.7. The van der Waals surface area contributed by atoms with E-state index >= 15 is 0 Å². The number of carbonyl (C=O) groups excluding carboxylic acids is 2. The van der Waals surface area contributed by atoms with Gasteiger partial charge in [-0.1, -0.05) is 42.1 Å². The number of nitrogens with one attached hydrogen (secondary N) is 2. The molecule has 9 nitrogen and oxygen atoms in total. The van der Waals surface area contributed by atoms with E-state index in [9.17, 15) is 9.59 Å². The first-order chi connectivity index (χ1) is 17.1. The molecule has 10 heteroatoms. The summed E-state index contributed by atoms with van der Waals surface area (Å²) in [5.41, 5.74) is 1.89. The van der Waals surface area contributed by atoms with Crippen LogP contribution in [0.2, 0.25) is 0 Å². The average molecular weight is 496 g/mol. The van der Waals surface area contributed by atoms with Gasteiger partial charge in [0.15, 0.2) is 11.0 Å². The second kappa shape index (κ2) is 12.4. The topological polar surface area (TPSA) is 107 Å². The highest BCUT2D eigenvalue weighted by Gasteiger charge is 2.22. The molecule has 0 saturated carbocycles. The lowest BCUT2D eigenvalue weighted by atomic mass is 10.2. The molecule has 0 spiro atoms. The second-order valence-corrected chi connectivity index (χ2v) is 9.16. The summed E-state index contributed by atoms with van der Waals surface area (Å²) in [6.07, 6.45) is 2.32. The number of amides is 3. The van der Waals surface area contributed by atoms with Crippen molar-refractivity contribution in [2.75, 3.05) is 19.5 Å². The molecule has 3 amide bonds. The van der Waals surface area contributed by atoms with Crippen molar-refractivity contribution in [1.82, 2.24) is 25.4 Å². The van der Waals surface area contributed by atoms with Gasteiger partial charge in [0.1, 0.15) is 5.75 Å². The highest BCUT2D eigenvalue weighted by atomic mass is 32.2. The molecule has 184 valence electrons. The fraction of sp³-hybridized carbons (Fsp3) is 0.360. The van der Waals surface area contributed by atoms with Crippen LogP contribution in [0, 0.1) is 0 Å². The van der Waals surface area contributed by atoms with Crippen LogP contribution in [-0.4, -0.2) is 52.3 Å². The van der Waals surface area contributed by atoms with Crippen molar-refractivity contribution < 1.29 is 19.1 Å². The zero-order valence-electron chi connectivity index (χ0n) is 19.6. The van der Waals surface area contributed by atoms with Crippen molar-refractivity contribution >= 4 is 23.7 Å². The minimum absolute atomic E-state index is 0.110. The van der Waals surface area contributed by atoms with E-state index in [1.54, 1.807) is 7.11 Å². The molecule has 1 aliphatic heterocycles. The average Bonchev–Trinajstić information content (AvgIpc) is 3.54. The summed E-state index contributed by atoms with van der Waals surface area (Å²) in [4.78, 5) is 24.3. The molecule has 1 unspecified atom stereocenters. The third kappa shape index (κ3) is 7.06. The fourth-order valence-corrected chi connectivity index (χ4v) is 4.64. The molecule has 2 heterocycles. The molecule has 2 N–H and O–H groups in total. The highest BCUT2D eigenvalue weighted by Crippen LogP contribution is 2.28. The number of hydrogen-bond donors (Lipinski definition) is 2. The van der Waals surface area contributed by atoms with E-state index in [1.165, 1.54) is 11.8 Å². The van der Waals surface area contributed by atoms with Gasteiger partial charge in [0.2, 0.25) is 5.91 Å². The molecule has 1 fully saturated rings. The Morgan fingerprint density at radius 3 is 2.66 bits per heavy atom. The largest absolute Gasteiger partial charge is 0.497 e. The van der Waals surface area contributed by atoms with Crippen molar-refractivity contribution in [2.45, 2.75) is 43.6 Å². The Morgan fingerprint density at radius 2 is 1.94 bits per heavy atom. The summed E-state index contributed by atoms with van der Waals surface area (Å²) in [5, 5.41) is 14.6. The summed E-state index contributed by atoms with van der Waals surface area (Å²) < 4.78 is 13.1. The van der Waals surface area contributed by atoms with Crippen LogP contribution < -0.4 is 15.4 Å². The Balaban J connectivity index is 1.33. The van der Waals surface area contributed by atoms with E-state index < -0.39 is 6.03 Å². The molecule has 2 aromatic carbocycles. The van der Waals surface area contributed by atoms with Gasteiger partial charge < -0.3 is 14.8 Å². The van der Waals surface area contributed by atoms with Gasteiger partial charge in [-0.25, -0.2) is 4.79 Å². The molecule has 1 atom stereocenters. The molecule has 1 saturated heterocycles. The maximum atomic E-state index is 12.2. The van der Waals surface area contributed by atoms with Crippen molar-refractivity contribution in [2.24, 2.45) is 0 Å². The van der Waals surface area contributed by atoms with Crippen molar-refractivity contribution in [3.05, 3.63) is 60.2 Å². The SMILES string of the molecule is COc1ccc(-c2nnc(SCCC(=O)NC(=O)NCc3ccccc3)n2CC2CCCO2)cc1. The molecule has 3 aromatic rings. The third-order valence-electron chi connectivity index (χ3n) is 5.58. The van der Waals surface area contributed by atoms with E-state index in [-0.39, 0.29) is 18.4 Å². The Labute approximate surface area is 208 Å². The van der Waals surface area contributed by atoms with Crippen molar-refractivity contribution in [3.63, 3.8) is 0 Å². The second-order valence-electron chi connectivity index (χ2n) is 8.10. The van der Waals surface area contributed by atoms with Gasteiger partial charge in [-0.2, -0.15) is 0 Å². The molecule has 4 rings (SSSR count). The van der Waals surface area contributed by atoms with Gasteiger partial charge in [-0.15, -0.1) is 10.2 Å². The Hall–Kier alpha value is -3.37. The summed E-state index contributed by atoms with van der Waals surface area (Å²) in [7, 11) is 1.63. The Bertz CT molecular complexity index is 1110. The highest BCUT2D eigenvalue weighted by molar-refractivity contribution is 7.99. The van der Waals surface area contributed by atoms with Gasteiger partial charge >= 0.3 is 6.03 Å². The zero-order valence-corrected chi connectivity index (χ0v) is 20.4. The first-order valence-corrected chi connectivity index (χ1v) is 12.5. The Morgan fingerprint density at radius 1 is 1.14 bits per heavy atom. The van der Waals surface area contributed by atoms with Gasteiger partial charge in [-0.3, -0.25) is 14.7 Å². The monoisotopic (exact) mass is 495 g/mol. The molecule has 1 aliphatic rings. The van der Waals surface area contributed by atoms with Crippen molar-refractivity contribution in [3.8, 4) is 17.1 Å². The van der Waals surface area contributed by atoms with Crippen molar-refractivity contribution in [1.29, 1.82) is 0 Å². The molecule has 35 heavy (non-hydrogen) atoms. The van der Waals surface area contributed by atoms with Gasteiger partial charge in [0.25, 0.3) is 0 Å². The number of imide groups is 1. The lowest BCUT2D eigenvalue weighted by Crippen LogP contribution is -2.39. The number of carbonyl (C=O) groups is 2. The summed E-state index contributed by atoms with van der Waals surface area (Å²) in [6, 6.07) is 16.7. The maximum Gasteiger partial charge on any atom is 0.321 e. The molecule has 0 bridgehead atoms. The normalized spacial score (nSPS) is 15.1. The van der Waals surface area contributed by atoms with E-state index in [0.717, 1.165) is 42.1 Å². The van der Waals surface area contributed by atoms with Crippen LogP contribution in [0.25, 0.3) is 11.4 Å². The van der Waals surface area contributed by atoms with Crippen LogP contribution in [0.1, 0.15) is 24.8 Å². The molecule has 0 aliphatic carbocycles. The smallest absolute Gasteiger partial charge is 0.321 e.